The van der Waals surface area contributed by atoms with Gasteiger partial charge in [-0.3, -0.25) is 9.59 Å². The van der Waals surface area contributed by atoms with Gasteiger partial charge in [0, 0.05) is 16.8 Å². The van der Waals surface area contributed by atoms with Gasteiger partial charge in [0.05, 0.1) is 11.3 Å². The van der Waals surface area contributed by atoms with Gasteiger partial charge < -0.3 is 5.32 Å². The van der Waals surface area contributed by atoms with E-state index >= 15 is 0 Å². The molecule has 2 amide bonds. The highest BCUT2D eigenvalue weighted by atomic mass is 35.5. The number of amides is 2. The third-order valence-corrected chi connectivity index (χ3v) is 4.95. The van der Waals surface area contributed by atoms with Gasteiger partial charge in [-0.1, -0.05) is 41.4 Å². The Morgan fingerprint density at radius 3 is 2.13 bits per heavy atom. The Kier molecular flexibility index (Phi) is 5.10. The summed E-state index contributed by atoms with van der Waals surface area (Å²) in [5.74, 6) is -3.54. The van der Waals surface area contributed by atoms with Crippen molar-refractivity contribution in [2.45, 2.75) is 6.92 Å². The summed E-state index contributed by atoms with van der Waals surface area (Å²) in [4.78, 5) is 27.2. The predicted octanol–water partition coefficient (Wildman–Crippen LogP) is 5.32. The standard InChI is InChI=1S/C23H15ClF2N2O2/c1-13-2-8-16(9-3-13)27-21-20(14-4-6-15(24)7-5-14)22(29)28(23(21)30)17-10-11-18(25)19(26)12-17/h2-12,27H,1H3. The van der Waals surface area contributed by atoms with Gasteiger partial charge in [0.1, 0.15) is 5.70 Å². The second kappa shape index (κ2) is 7.72. The van der Waals surface area contributed by atoms with Crippen molar-refractivity contribution in [3.63, 3.8) is 0 Å². The molecule has 0 saturated carbocycles. The Bertz CT molecular complexity index is 1190. The van der Waals surface area contributed by atoms with E-state index < -0.39 is 23.4 Å². The summed E-state index contributed by atoms with van der Waals surface area (Å²) in [7, 11) is 0. The van der Waals surface area contributed by atoms with Crippen LogP contribution >= 0.6 is 11.6 Å². The van der Waals surface area contributed by atoms with E-state index in [9.17, 15) is 18.4 Å². The van der Waals surface area contributed by atoms with Crippen LogP contribution in [0.4, 0.5) is 20.2 Å². The number of hydrogen-bond donors (Lipinski definition) is 1. The molecular weight excluding hydrogens is 410 g/mol. The number of nitrogens with one attached hydrogen (secondary N) is 1. The van der Waals surface area contributed by atoms with Crippen molar-refractivity contribution >= 4 is 40.4 Å². The normalized spacial score (nSPS) is 13.9. The maximum atomic E-state index is 13.8. The largest absolute Gasteiger partial charge is 0.350 e. The minimum atomic E-state index is -1.15. The zero-order valence-electron chi connectivity index (χ0n) is 15.7. The number of hydrogen-bond acceptors (Lipinski definition) is 3. The SMILES string of the molecule is Cc1ccc(NC2=C(c3ccc(Cl)cc3)C(=O)N(c3ccc(F)c(F)c3)C2=O)cc1. The van der Waals surface area contributed by atoms with E-state index in [0.717, 1.165) is 22.6 Å². The molecule has 0 aliphatic carbocycles. The Hall–Kier alpha value is -3.51. The molecule has 0 fully saturated rings. The average molecular weight is 425 g/mol. The number of halogens is 3. The van der Waals surface area contributed by atoms with Gasteiger partial charge >= 0.3 is 0 Å². The lowest BCUT2D eigenvalue weighted by Crippen LogP contribution is -2.32. The molecule has 0 spiro atoms. The fourth-order valence-corrected chi connectivity index (χ4v) is 3.30. The van der Waals surface area contributed by atoms with Gasteiger partial charge in [-0.25, -0.2) is 13.7 Å². The second-order valence-electron chi connectivity index (χ2n) is 6.79. The highest BCUT2D eigenvalue weighted by Crippen LogP contribution is 2.34. The van der Waals surface area contributed by atoms with Crippen LogP contribution in [-0.4, -0.2) is 11.8 Å². The minimum absolute atomic E-state index is 0.0379. The number of nitrogens with zero attached hydrogens (tertiary/aromatic N) is 1. The number of rotatable bonds is 4. The minimum Gasteiger partial charge on any atom is -0.350 e. The zero-order chi connectivity index (χ0) is 21.4. The summed E-state index contributed by atoms with van der Waals surface area (Å²) in [6, 6.07) is 16.6. The molecule has 3 aromatic rings. The molecule has 30 heavy (non-hydrogen) atoms. The molecule has 4 rings (SSSR count). The van der Waals surface area contributed by atoms with E-state index in [1.54, 1.807) is 36.4 Å². The van der Waals surface area contributed by atoms with Crippen LogP contribution < -0.4 is 10.2 Å². The number of aryl methyl sites for hydroxylation is 1. The number of carbonyl (C=O) groups is 2. The molecule has 1 aliphatic rings. The topological polar surface area (TPSA) is 49.4 Å². The van der Waals surface area contributed by atoms with Gasteiger partial charge in [0.2, 0.25) is 0 Å². The third-order valence-electron chi connectivity index (χ3n) is 4.70. The van der Waals surface area contributed by atoms with Gasteiger partial charge in [0.25, 0.3) is 11.8 Å². The van der Waals surface area contributed by atoms with Crippen LogP contribution in [0.3, 0.4) is 0 Å². The quantitative estimate of drug-likeness (QED) is 0.576. The first-order chi connectivity index (χ1) is 14.3. The van der Waals surface area contributed by atoms with Gasteiger partial charge in [-0.05, 0) is 48.9 Å². The fourth-order valence-electron chi connectivity index (χ4n) is 3.17. The first kappa shape index (κ1) is 19.8. The molecule has 0 unspecified atom stereocenters. The van der Waals surface area contributed by atoms with E-state index in [4.69, 9.17) is 11.6 Å². The van der Waals surface area contributed by atoms with Gasteiger partial charge in [-0.2, -0.15) is 0 Å². The predicted molar refractivity (Wildman–Crippen MR) is 112 cm³/mol. The second-order valence-corrected chi connectivity index (χ2v) is 7.23. The van der Waals surface area contributed by atoms with Crippen LogP contribution in [0, 0.1) is 18.6 Å². The number of anilines is 2. The van der Waals surface area contributed by atoms with E-state index in [2.05, 4.69) is 5.32 Å². The lowest BCUT2D eigenvalue weighted by atomic mass is 10.0. The molecule has 150 valence electrons. The summed E-state index contributed by atoms with van der Waals surface area (Å²) < 4.78 is 27.1. The van der Waals surface area contributed by atoms with Gasteiger partial charge in [0.15, 0.2) is 11.6 Å². The van der Waals surface area contributed by atoms with Crippen LogP contribution in [0.5, 0.6) is 0 Å². The van der Waals surface area contributed by atoms with E-state index in [-0.39, 0.29) is 17.0 Å². The zero-order valence-corrected chi connectivity index (χ0v) is 16.5. The number of benzene rings is 3. The summed E-state index contributed by atoms with van der Waals surface area (Å²) in [6.07, 6.45) is 0. The van der Waals surface area contributed by atoms with Crippen molar-refractivity contribution in [1.82, 2.24) is 0 Å². The van der Waals surface area contributed by atoms with Gasteiger partial charge in [-0.15, -0.1) is 0 Å². The summed E-state index contributed by atoms with van der Waals surface area (Å²) in [6.45, 7) is 1.93. The van der Waals surface area contributed by atoms with E-state index in [0.29, 0.717) is 16.3 Å². The van der Waals surface area contributed by atoms with Crippen molar-refractivity contribution < 1.29 is 18.4 Å². The van der Waals surface area contributed by atoms with Crippen LogP contribution in [0.15, 0.2) is 72.4 Å². The Labute approximate surface area is 176 Å². The molecular formula is C23H15ClF2N2O2. The average Bonchev–Trinajstić information content (AvgIpc) is 2.96. The van der Waals surface area contributed by atoms with Crippen LogP contribution in [0.25, 0.3) is 5.57 Å². The van der Waals surface area contributed by atoms with Crippen LogP contribution in [0.1, 0.15) is 11.1 Å². The van der Waals surface area contributed by atoms with Crippen LogP contribution in [-0.2, 0) is 9.59 Å². The molecule has 0 radical (unpaired) electrons. The summed E-state index contributed by atoms with van der Waals surface area (Å²) in [5, 5.41) is 3.48. The highest BCUT2D eigenvalue weighted by molar-refractivity contribution is 6.46. The molecule has 0 aromatic heterocycles. The number of carbonyl (C=O) groups excluding carboxylic acids is 2. The Morgan fingerprint density at radius 2 is 1.50 bits per heavy atom. The molecule has 1 heterocycles. The summed E-state index contributed by atoms with van der Waals surface area (Å²) >= 11 is 5.95. The molecule has 0 atom stereocenters. The smallest absolute Gasteiger partial charge is 0.282 e. The monoisotopic (exact) mass is 424 g/mol. The number of imide groups is 1. The molecule has 0 saturated heterocycles. The highest BCUT2D eigenvalue weighted by Gasteiger charge is 2.40. The first-order valence-corrected chi connectivity index (χ1v) is 9.40. The van der Waals surface area contributed by atoms with Crippen molar-refractivity contribution in [2.75, 3.05) is 10.2 Å². The van der Waals surface area contributed by atoms with Crippen LogP contribution in [0.2, 0.25) is 5.02 Å². The van der Waals surface area contributed by atoms with Crippen molar-refractivity contribution in [3.05, 3.63) is 100 Å². The molecule has 7 heteroatoms. The fraction of sp³-hybridized carbons (Fsp3) is 0.0435. The molecule has 3 aromatic carbocycles. The van der Waals surface area contributed by atoms with Crippen molar-refractivity contribution in [1.29, 1.82) is 0 Å². The lowest BCUT2D eigenvalue weighted by Gasteiger charge is -2.15. The molecule has 4 nitrogen and oxygen atoms in total. The molecule has 1 N–H and O–H groups in total. The van der Waals surface area contributed by atoms with Crippen molar-refractivity contribution in [3.8, 4) is 0 Å². The van der Waals surface area contributed by atoms with E-state index in [1.165, 1.54) is 6.07 Å². The van der Waals surface area contributed by atoms with Crippen molar-refractivity contribution in [2.24, 2.45) is 0 Å². The first-order valence-electron chi connectivity index (χ1n) is 9.03. The summed E-state index contributed by atoms with van der Waals surface area (Å²) in [5.41, 5.74) is 2.20. The molecule has 1 aliphatic heterocycles. The maximum absolute atomic E-state index is 13.8. The Balaban J connectivity index is 1.82. The lowest BCUT2D eigenvalue weighted by molar-refractivity contribution is -0.120. The van der Waals surface area contributed by atoms with E-state index in [1.807, 2.05) is 19.1 Å². The third kappa shape index (κ3) is 3.57. The maximum Gasteiger partial charge on any atom is 0.282 e. The Morgan fingerprint density at radius 1 is 0.833 bits per heavy atom. The molecule has 0 bridgehead atoms.